The van der Waals surface area contributed by atoms with Crippen molar-refractivity contribution in [3.8, 4) is 22.6 Å². The van der Waals surface area contributed by atoms with E-state index in [9.17, 15) is 8.78 Å². The van der Waals surface area contributed by atoms with Gasteiger partial charge in [0.25, 0.3) is 0 Å². The highest BCUT2D eigenvalue weighted by atomic mass is 79.9. The molecule has 0 heterocycles. The van der Waals surface area contributed by atoms with Crippen molar-refractivity contribution in [2.75, 3.05) is 20.0 Å². The number of benzene rings is 2. The molecule has 2 rings (SSSR count). The standard InChI is InChI=1S/C14H12BrF2NO2/c1-19-12-4-3-7(14(20-2)13(12)15)8-5-10(17)11(18)6-9(8)16/h3-6H,18H2,1-2H3. The molecule has 2 aromatic carbocycles. The van der Waals surface area contributed by atoms with Gasteiger partial charge in [0.1, 0.15) is 27.6 Å². The average Bonchev–Trinajstić information content (AvgIpc) is 2.42. The van der Waals surface area contributed by atoms with Gasteiger partial charge in [0.15, 0.2) is 0 Å². The Bertz CT molecular complexity index is 662. The molecule has 6 heteroatoms. The third-order valence-corrected chi connectivity index (χ3v) is 3.61. The van der Waals surface area contributed by atoms with Crippen LogP contribution in [0.4, 0.5) is 14.5 Å². The first kappa shape index (κ1) is 14.6. The lowest BCUT2D eigenvalue weighted by molar-refractivity contribution is 0.390. The molecule has 0 atom stereocenters. The van der Waals surface area contributed by atoms with Gasteiger partial charge in [-0.1, -0.05) is 0 Å². The van der Waals surface area contributed by atoms with Crippen LogP contribution in [-0.4, -0.2) is 14.2 Å². The third-order valence-electron chi connectivity index (χ3n) is 2.86. The zero-order valence-corrected chi connectivity index (χ0v) is 12.4. The van der Waals surface area contributed by atoms with Crippen molar-refractivity contribution in [3.63, 3.8) is 0 Å². The molecule has 0 aliphatic heterocycles. The van der Waals surface area contributed by atoms with E-state index in [1.54, 1.807) is 12.1 Å². The van der Waals surface area contributed by atoms with Crippen LogP contribution in [0, 0.1) is 11.6 Å². The van der Waals surface area contributed by atoms with E-state index in [4.69, 9.17) is 15.2 Å². The quantitative estimate of drug-likeness (QED) is 0.857. The summed E-state index contributed by atoms with van der Waals surface area (Å²) in [4.78, 5) is 0. The topological polar surface area (TPSA) is 44.5 Å². The van der Waals surface area contributed by atoms with Crippen LogP contribution < -0.4 is 15.2 Å². The summed E-state index contributed by atoms with van der Waals surface area (Å²) in [5.74, 6) is -0.427. The maximum absolute atomic E-state index is 14.0. The van der Waals surface area contributed by atoms with Gasteiger partial charge in [0.05, 0.1) is 19.9 Å². The molecule has 0 aliphatic rings. The first-order valence-corrected chi connectivity index (χ1v) is 6.44. The highest BCUT2D eigenvalue weighted by Crippen LogP contribution is 2.43. The normalized spacial score (nSPS) is 10.4. The number of hydrogen-bond donors (Lipinski definition) is 1. The fourth-order valence-electron chi connectivity index (χ4n) is 1.88. The number of hydrogen-bond acceptors (Lipinski definition) is 3. The first-order valence-electron chi connectivity index (χ1n) is 5.65. The van der Waals surface area contributed by atoms with Crippen LogP contribution in [0.5, 0.6) is 11.5 Å². The summed E-state index contributed by atoms with van der Waals surface area (Å²) < 4.78 is 38.5. The van der Waals surface area contributed by atoms with Gasteiger partial charge in [-0.3, -0.25) is 0 Å². The molecule has 2 aromatic rings. The Morgan fingerprint density at radius 1 is 1.00 bits per heavy atom. The minimum Gasteiger partial charge on any atom is -0.495 e. The van der Waals surface area contributed by atoms with Crippen LogP contribution in [0.1, 0.15) is 0 Å². The maximum atomic E-state index is 14.0. The number of anilines is 1. The molecule has 2 N–H and O–H groups in total. The smallest absolute Gasteiger partial charge is 0.146 e. The van der Waals surface area contributed by atoms with Crippen LogP contribution >= 0.6 is 15.9 Å². The molecular weight excluding hydrogens is 332 g/mol. The van der Waals surface area contributed by atoms with Crippen molar-refractivity contribution in [2.45, 2.75) is 0 Å². The van der Waals surface area contributed by atoms with Gasteiger partial charge >= 0.3 is 0 Å². The second-order valence-electron chi connectivity index (χ2n) is 4.02. The number of nitrogen functional groups attached to an aromatic ring is 1. The van der Waals surface area contributed by atoms with E-state index < -0.39 is 11.6 Å². The number of methoxy groups -OCH3 is 2. The Morgan fingerprint density at radius 3 is 2.30 bits per heavy atom. The van der Waals surface area contributed by atoms with Crippen molar-refractivity contribution in [2.24, 2.45) is 0 Å². The van der Waals surface area contributed by atoms with Crippen molar-refractivity contribution in [1.29, 1.82) is 0 Å². The van der Waals surface area contributed by atoms with Gasteiger partial charge in [0, 0.05) is 17.2 Å². The van der Waals surface area contributed by atoms with E-state index in [1.165, 1.54) is 14.2 Å². The fourth-order valence-corrected chi connectivity index (χ4v) is 2.55. The van der Waals surface area contributed by atoms with E-state index in [-0.39, 0.29) is 11.3 Å². The van der Waals surface area contributed by atoms with Gasteiger partial charge in [0.2, 0.25) is 0 Å². The lowest BCUT2D eigenvalue weighted by atomic mass is 10.0. The second-order valence-corrected chi connectivity index (χ2v) is 4.81. The second kappa shape index (κ2) is 5.66. The Morgan fingerprint density at radius 2 is 1.70 bits per heavy atom. The number of ether oxygens (including phenoxy) is 2. The molecule has 20 heavy (non-hydrogen) atoms. The molecule has 106 valence electrons. The van der Waals surface area contributed by atoms with Crippen LogP contribution in [0.15, 0.2) is 28.7 Å². The summed E-state index contributed by atoms with van der Waals surface area (Å²) in [6, 6.07) is 5.22. The minimum absolute atomic E-state index is 0.0666. The molecule has 3 nitrogen and oxygen atoms in total. The van der Waals surface area contributed by atoms with Crippen molar-refractivity contribution in [3.05, 3.63) is 40.4 Å². The third kappa shape index (κ3) is 2.43. The summed E-state index contributed by atoms with van der Waals surface area (Å²) in [7, 11) is 2.94. The highest BCUT2D eigenvalue weighted by molar-refractivity contribution is 9.10. The molecule has 0 bridgehead atoms. The molecular formula is C14H12BrF2NO2. The summed E-state index contributed by atoms with van der Waals surface area (Å²) >= 11 is 3.32. The lowest BCUT2D eigenvalue weighted by Crippen LogP contribution is -1.97. The number of rotatable bonds is 3. The van der Waals surface area contributed by atoms with Gasteiger partial charge < -0.3 is 15.2 Å². The van der Waals surface area contributed by atoms with E-state index in [0.717, 1.165) is 12.1 Å². The molecule has 0 aliphatic carbocycles. The number of halogens is 3. The summed E-state index contributed by atoms with van der Waals surface area (Å²) in [6.45, 7) is 0. The van der Waals surface area contributed by atoms with Crippen LogP contribution in [0.3, 0.4) is 0 Å². The summed E-state index contributed by atoms with van der Waals surface area (Å²) in [5, 5.41) is 0. The average molecular weight is 344 g/mol. The lowest BCUT2D eigenvalue weighted by Gasteiger charge is -2.14. The molecule has 0 saturated carbocycles. The van der Waals surface area contributed by atoms with Gasteiger partial charge in [-0.2, -0.15) is 0 Å². The van der Waals surface area contributed by atoms with Gasteiger partial charge in [-0.25, -0.2) is 8.78 Å². The van der Waals surface area contributed by atoms with Crippen molar-refractivity contribution >= 4 is 21.6 Å². The molecule has 0 fully saturated rings. The Hall–Kier alpha value is -1.82. The molecule has 0 saturated heterocycles. The van der Waals surface area contributed by atoms with Gasteiger partial charge in [-0.05, 0) is 34.1 Å². The van der Waals surface area contributed by atoms with E-state index in [2.05, 4.69) is 15.9 Å². The number of nitrogens with two attached hydrogens (primary N) is 1. The SMILES string of the molecule is COc1ccc(-c2cc(F)c(N)cc2F)c(OC)c1Br. The van der Waals surface area contributed by atoms with Crippen LogP contribution in [-0.2, 0) is 0 Å². The van der Waals surface area contributed by atoms with Crippen LogP contribution in [0.2, 0.25) is 0 Å². The molecule has 0 aromatic heterocycles. The zero-order chi connectivity index (χ0) is 14.9. The van der Waals surface area contributed by atoms with E-state index >= 15 is 0 Å². The summed E-state index contributed by atoms with van der Waals surface area (Å²) in [6.07, 6.45) is 0. The Labute approximate surface area is 123 Å². The Balaban J connectivity index is 2.70. The largest absolute Gasteiger partial charge is 0.495 e. The molecule has 0 spiro atoms. The van der Waals surface area contributed by atoms with Gasteiger partial charge in [-0.15, -0.1) is 0 Å². The Kier molecular flexibility index (Phi) is 4.13. The molecule has 0 amide bonds. The highest BCUT2D eigenvalue weighted by Gasteiger charge is 2.18. The molecule has 0 radical (unpaired) electrons. The maximum Gasteiger partial charge on any atom is 0.146 e. The van der Waals surface area contributed by atoms with Crippen LogP contribution in [0.25, 0.3) is 11.1 Å². The molecule has 0 unspecified atom stereocenters. The fraction of sp³-hybridized carbons (Fsp3) is 0.143. The van der Waals surface area contributed by atoms with Crippen molar-refractivity contribution < 1.29 is 18.3 Å². The van der Waals surface area contributed by atoms with Crippen molar-refractivity contribution in [1.82, 2.24) is 0 Å². The zero-order valence-electron chi connectivity index (χ0n) is 10.8. The summed E-state index contributed by atoms with van der Waals surface area (Å²) in [5.41, 5.74) is 5.57. The monoisotopic (exact) mass is 343 g/mol. The predicted molar refractivity (Wildman–Crippen MR) is 77.0 cm³/mol. The van der Waals surface area contributed by atoms with E-state index in [1.807, 2.05) is 0 Å². The minimum atomic E-state index is -0.685. The first-order chi connectivity index (χ1) is 9.49. The van der Waals surface area contributed by atoms with E-state index in [0.29, 0.717) is 21.5 Å². The predicted octanol–water partition coefficient (Wildman–Crippen LogP) is 3.99.